The summed E-state index contributed by atoms with van der Waals surface area (Å²) in [7, 11) is -8.28. The first kappa shape index (κ1) is 45.9. The van der Waals surface area contributed by atoms with E-state index >= 15 is 0 Å². The molecule has 0 unspecified atom stereocenters. The Hall–Kier alpha value is -4.68. The molecule has 9 rings (SSSR count). The molecule has 0 fully saturated rings. The van der Waals surface area contributed by atoms with Gasteiger partial charge in [0.2, 0.25) is 10.7 Å². The van der Waals surface area contributed by atoms with E-state index in [4.69, 9.17) is 0 Å². The van der Waals surface area contributed by atoms with E-state index in [1.807, 2.05) is 18.2 Å². The fourth-order valence-electron chi connectivity index (χ4n) is 11.6. The van der Waals surface area contributed by atoms with Crippen LogP contribution in [0.1, 0.15) is 133 Å². The Morgan fingerprint density at radius 2 is 1.23 bits per heavy atom. The molecule has 9 nitrogen and oxygen atoms in total. The van der Waals surface area contributed by atoms with Crippen molar-refractivity contribution in [3.63, 3.8) is 0 Å². The minimum atomic E-state index is -4.15. The van der Waals surface area contributed by atoms with Crippen LogP contribution in [-0.2, 0) is 37.5 Å². The van der Waals surface area contributed by atoms with Crippen molar-refractivity contribution in [3.8, 4) is 0 Å². The Bertz CT molecular complexity index is 3210. The zero-order chi connectivity index (χ0) is 46.5. The van der Waals surface area contributed by atoms with Gasteiger partial charge in [-0.25, -0.2) is 9.15 Å². The lowest BCUT2D eigenvalue weighted by atomic mass is 9.70. The van der Waals surface area contributed by atoms with Gasteiger partial charge in [-0.15, -0.1) is 0 Å². The van der Waals surface area contributed by atoms with Crippen molar-refractivity contribution < 1.29 is 25.9 Å². The Morgan fingerprint density at radius 3 is 1.86 bits per heavy atom. The van der Waals surface area contributed by atoms with Crippen LogP contribution in [0.3, 0.4) is 0 Å². The van der Waals surface area contributed by atoms with Gasteiger partial charge in [0.1, 0.15) is 31.1 Å². The highest BCUT2D eigenvalue weighted by atomic mass is 32.2. The predicted molar refractivity (Wildman–Crippen MR) is 262 cm³/mol. The van der Waals surface area contributed by atoms with Crippen molar-refractivity contribution >= 4 is 49.2 Å². The van der Waals surface area contributed by atoms with Crippen molar-refractivity contribution in [3.05, 3.63) is 144 Å². The molecular formula is C53H65N3O6S2+2. The van der Waals surface area contributed by atoms with E-state index in [1.54, 1.807) is 0 Å². The summed E-state index contributed by atoms with van der Waals surface area (Å²) in [6.07, 6.45) is 10.7. The Kier molecular flexibility index (Phi) is 11.3. The first-order valence-electron chi connectivity index (χ1n) is 22.8. The van der Waals surface area contributed by atoms with E-state index in [0.29, 0.717) is 11.1 Å². The van der Waals surface area contributed by atoms with Gasteiger partial charge in [-0.1, -0.05) is 58.0 Å². The Morgan fingerprint density at radius 1 is 0.641 bits per heavy atom. The van der Waals surface area contributed by atoms with E-state index in [-0.39, 0.29) is 33.4 Å². The maximum absolute atomic E-state index is 11.9. The quantitative estimate of drug-likeness (QED) is 0.167. The molecule has 0 aromatic heterocycles. The predicted octanol–water partition coefficient (Wildman–Crippen LogP) is 6.23. The van der Waals surface area contributed by atoms with Crippen molar-refractivity contribution in [2.24, 2.45) is 0 Å². The van der Waals surface area contributed by atoms with E-state index in [0.717, 1.165) is 65.6 Å². The minimum absolute atomic E-state index is 0.163. The second-order valence-corrected chi connectivity index (χ2v) is 23.3. The third kappa shape index (κ3) is 8.05. The third-order valence-electron chi connectivity index (χ3n) is 14.5. The van der Waals surface area contributed by atoms with Gasteiger partial charge in [0, 0.05) is 66.6 Å². The molecule has 0 atom stereocenters. The van der Waals surface area contributed by atoms with Crippen molar-refractivity contribution in [2.75, 3.05) is 42.6 Å². The number of fused-ring (bicyclic) bond motifs is 7. The summed E-state index contributed by atoms with van der Waals surface area (Å²) in [5, 5.41) is 4.75. The number of anilines is 1. The number of benzene rings is 4. The van der Waals surface area contributed by atoms with E-state index in [9.17, 15) is 25.9 Å². The molecule has 11 heteroatoms. The molecule has 3 aliphatic heterocycles. The van der Waals surface area contributed by atoms with Gasteiger partial charge in [-0.05, 0) is 138 Å². The fourth-order valence-corrected chi connectivity index (χ4v) is 12.9. The lowest BCUT2D eigenvalue weighted by molar-refractivity contribution is 0.401. The smallest absolute Gasteiger partial charge is 0.269 e. The third-order valence-corrected chi connectivity index (χ3v) is 15.8. The van der Waals surface area contributed by atoms with Crippen molar-refractivity contribution in [2.45, 2.75) is 111 Å². The van der Waals surface area contributed by atoms with Crippen LogP contribution in [-0.4, -0.2) is 74.7 Å². The van der Waals surface area contributed by atoms with Crippen LogP contribution in [0.5, 0.6) is 0 Å². The molecule has 2 N–H and O–H groups in total. The molecule has 5 aliphatic rings. The van der Waals surface area contributed by atoms with Crippen molar-refractivity contribution in [1.82, 2.24) is 9.15 Å². The Labute approximate surface area is 380 Å². The zero-order valence-electron chi connectivity index (χ0n) is 39.4. The van der Waals surface area contributed by atoms with E-state index in [1.165, 1.54) is 50.4 Å². The number of likely N-dealkylation sites (N-methyl/N-ethyl adjacent to an activating group) is 2. The Balaban J connectivity index is 0.000000178. The standard InChI is InChI=1S/C29H36N2O3S.C24H27NO3S/c1-7-30-11-9-10-19-12-20-13-21-14-23-22(18-35(32,33)34)17-28(3,4)31(8-2)27(23)16-25(21)29(5,6)24(20)15-26(19)30;1-6-25-22-13-21-17(11-16-9-7-8-10-20(16)24(21,4)5)12-19(22)18(14-23(25,2)3)15-29(26,27)28/h12-17H,7-11,18H2,1-6H3;7-14H,6,15H2,1-5H3/p+2. The number of aryl methyl sites for hydroxylation is 1. The summed E-state index contributed by atoms with van der Waals surface area (Å²) in [6, 6.07) is 21.9. The summed E-state index contributed by atoms with van der Waals surface area (Å²) >= 11 is 0. The molecular weight excluding hydrogens is 839 g/mol. The molecule has 2 aliphatic carbocycles. The summed E-state index contributed by atoms with van der Waals surface area (Å²) in [5.41, 5.74) is 11.9. The average Bonchev–Trinajstić information content (AvgIpc) is 3.18. The van der Waals surface area contributed by atoms with Crippen LogP contribution in [0.2, 0.25) is 0 Å². The second kappa shape index (κ2) is 15.7. The second-order valence-electron chi connectivity index (χ2n) is 20.4. The first-order valence-corrected chi connectivity index (χ1v) is 26.0. The molecule has 0 saturated carbocycles. The molecule has 0 amide bonds. The summed E-state index contributed by atoms with van der Waals surface area (Å²) in [4.78, 5) is 2.33. The highest BCUT2D eigenvalue weighted by Gasteiger charge is 2.39. The summed E-state index contributed by atoms with van der Waals surface area (Å²) in [5.74, 6) is -0.750. The molecule has 0 bridgehead atoms. The molecule has 3 heterocycles. The number of nitrogens with zero attached hydrogens (tertiary/aromatic N) is 3. The molecule has 338 valence electrons. The van der Waals surface area contributed by atoms with Crippen molar-refractivity contribution in [1.29, 1.82) is 0 Å². The van der Waals surface area contributed by atoms with Gasteiger partial charge in [0.25, 0.3) is 20.2 Å². The maximum Gasteiger partial charge on any atom is 0.269 e. The van der Waals surface area contributed by atoms with E-state index < -0.39 is 20.2 Å². The monoisotopic (exact) mass is 903 g/mol. The lowest BCUT2D eigenvalue weighted by Gasteiger charge is -2.44. The van der Waals surface area contributed by atoms with Gasteiger partial charge >= 0.3 is 0 Å². The highest BCUT2D eigenvalue weighted by Crippen LogP contribution is 2.45. The zero-order valence-corrected chi connectivity index (χ0v) is 41.1. The van der Waals surface area contributed by atoms with Crippen LogP contribution in [0, 0.1) is 0 Å². The largest absolute Gasteiger partial charge is 0.363 e. The number of hydrogen-bond donors (Lipinski definition) is 2. The minimum Gasteiger partial charge on any atom is -0.363 e. The first-order chi connectivity index (χ1) is 29.8. The lowest BCUT2D eigenvalue weighted by Crippen LogP contribution is -2.50. The number of rotatable bonds is 7. The highest BCUT2D eigenvalue weighted by molar-refractivity contribution is 7.86. The SMILES string of the molecule is CCN1c2cc3c(cc2C(CS(=O)(=O)O)=CC1(C)C)C=c1cc2c(cc1C3(C)C)=[N+](CC)CCC2.CC[N+]1=c2cc3c(cc2C(CS(=O)(=O)O)=CC1(C)C)=Cc1ccccc1C3(C)C. The van der Waals surface area contributed by atoms with Gasteiger partial charge in [-0.3, -0.25) is 9.11 Å². The van der Waals surface area contributed by atoms with Gasteiger partial charge in [0.15, 0.2) is 5.54 Å². The van der Waals surface area contributed by atoms with Gasteiger partial charge < -0.3 is 4.90 Å². The van der Waals surface area contributed by atoms with Crippen LogP contribution < -0.4 is 35.2 Å². The number of hydrogen-bond acceptors (Lipinski definition) is 5. The molecule has 0 radical (unpaired) electrons. The molecule has 0 saturated heterocycles. The van der Waals surface area contributed by atoms with Gasteiger partial charge in [0.05, 0.1) is 11.1 Å². The summed E-state index contributed by atoms with van der Waals surface area (Å²) in [6.45, 7) is 27.6. The maximum atomic E-state index is 11.9. The summed E-state index contributed by atoms with van der Waals surface area (Å²) < 4.78 is 71.3. The van der Waals surface area contributed by atoms with Crippen LogP contribution in [0.4, 0.5) is 5.69 Å². The van der Waals surface area contributed by atoms with Crippen LogP contribution >= 0.6 is 0 Å². The molecule has 0 spiro atoms. The molecule has 4 aromatic carbocycles. The average molecular weight is 904 g/mol. The van der Waals surface area contributed by atoms with E-state index in [2.05, 4.69) is 157 Å². The topological polar surface area (TPSA) is 118 Å². The normalized spacial score (nSPS) is 19.3. The van der Waals surface area contributed by atoms with Gasteiger partial charge in [-0.2, -0.15) is 16.8 Å². The molecule has 64 heavy (non-hydrogen) atoms. The fraction of sp³-hybridized carbons (Fsp3) is 0.434. The van der Waals surface area contributed by atoms with Crippen LogP contribution in [0.15, 0.2) is 72.8 Å². The molecule has 4 aromatic rings. The van der Waals surface area contributed by atoms with Crippen LogP contribution in [0.25, 0.3) is 23.3 Å².